The second-order valence-electron chi connectivity index (χ2n) is 4.00. The van der Waals surface area contributed by atoms with Crippen LogP contribution in [0.1, 0.15) is 13.3 Å². The molecule has 96 valence electrons. The minimum atomic E-state index is -0.651. The summed E-state index contributed by atoms with van der Waals surface area (Å²) in [5.41, 5.74) is 0.143. The number of nitrogens with zero attached hydrogens (tertiary/aromatic N) is 1. The Balaban J connectivity index is 2.44. The highest BCUT2D eigenvalue weighted by Crippen LogP contribution is 2.27. The predicted octanol–water partition coefficient (Wildman–Crippen LogP) is 1.83. The minimum Gasteiger partial charge on any atom is -0.345 e. The summed E-state index contributed by atoms with van der Waals surface area (Å²) >= 11 is 3.16. The third kappa shape index (κ3) is 2.25. The summed E-state index contributed by atoms with van der Waals surface area (Å²) in [6.45, 7) is 1.69. The quantitative estimate of drug-likeness (QED) is 0.905. The normalized spacial score (nSPS) is 19.9. The second kappa shape index (κ2) is 5.06. The SMILES string of the molecule is CCC1C(=O)NCC(=O)N1c1ccc(Br)cc1F. The molecule has 1 aromatic carbocycles. The highest BCUT2D eigenvalue weighted by atomic mass is 79.9. The molecule has 0 aliphatic carbocycles. The van der Waals surface area contributed by atoms with Crippen LogP contribution in [0.2, 0.25) is 0 Å². The third-order valence-electron chi connectivity index (χ3n) is 2.85. The van der Waals surface area contributed by atoms with E-state index in [0.29, 0.717) is 10.9 Å². The van der Waals surface area contributed by atoms with Crippen molar-refractivity contribution < 1.29 is 14.0 Å². The molecule has 0 radical (unpaired) electrons. The van der Waals surface area contributed by atoms with Crippen molar-refractivity contribution in [3.05, 3.63) is 28.5 Å². The smallest absolute Gasteiger partial charge is 0.247 e. The van der Waals surface area contributed by atoms with E-state index >= 15 is 0 Å². The van der Waals surface area contributed by atoms with Gasteiger partial charge in [-0.2, -0.15) is 0 Å². The maximum absolute atomic E-state index is 13.9. The number of carbonyl (C=O) groups is 2. The Labute approximate surface area is 112 Å². The van der Waals surface area contributed by atoms with Crippen molar-refractivity contribution in [2.75, 3.05) is 11.4 Å². The number of amides is 2. The van der Waals surface area contributed by atoms with Crippen molar-refractivity contribution in [2.45, 2.75) is 19.4 Å². The van der Waals surface area contributed by atoms with Gasteiger partial charge < -0.3 is 5.32 Å². The van der Waals surface area contributed by atoms with Crippen molar-refractivity contribution in [2.24, 2.45) is 0 Å². The van der Waals surface area contributed by atoms with Crippen LogP contribution >= 0.6 is 15.9 Å². The van der Waals surface area contributed by atoms with Gasteiger partial charge in [0.25, 0.3) is 0 Å². The van der Waals surface area contributed by atoms with E-state index in [1.165, 1.54) is 17.0 Å². The number of piperazine rings is 1. The molecular weight excluding hydrogens is 303 g/mol. The molecule has 1 aliphatic heterocycles. The Bertz CT molecular complexity index is 507. The van der Waals surface area contributed by atoms with Gasteiger partial charge in [-0.15, -0.1) is 0 Å². The number of hydrogen-bond acceptors (Lipinski definition) is 2. The molecule has 1 heterocycles. The summed E-state index contributed by atoms with van der Waals surface area (Å²) in [7, 11) is 0. The van der Waals surface area contributed by atoms with Crippen LogP contribution in [0, 0.1) is 5.82 Å². The lowest BCUT2D eigenvalue weighted by Crippen LogP contribution is -2.58. The van der Waals surface area contributed by atoms with Crippen LogP contribution in [0.3, 0.4) is 0 Å². The van der Waals surface area contributed by atoms with Gasteiger partial charge in [0.15, 0.2) is 0 Å². The van der Waals surface area contributed by atoms with Gasteiger partial charge in [0, 0.05) is 4.47 Å². The second-order valence-corrected chi connectivity index (χ2v) is 4.92. The Morgan fingerprint density at radius 3 is 2.83 bits per heavy atom. The first-order valence-electron chi connectivity index (χ1n) is 5.59. The summed E-state index contributed by atoms with van der Waals surface area (Å²) in [4.78, 5) is 24.8. The maximum atomic E-state index is 13.9. The zero-order valence-electron chi connectivity index (χ0n) is 9.74. The standard InChI is InChI=1S/C12H12BrFN2O2/c1-2-9-12(18)15-6-11(17)16(9)10-4-3-7(13)5-8(10)14/h3-5,9H,2,6H2,1H3,(H,15,18). The summed E-state index contributed by atoms with van der Waals surface area (Å²) in [5, 5.41) is 2.50. The number of nitrogens with one attached hydrogen (secondary N) is 1. The molecule has 0 aromatic heterocycles. The van der Waals surface area contributed by atoms with Gasteiger partial charge in [-0.1, -0.05) is 22.9 Å². The van der Waals surface area contributed by atoms with Gasteiger partial charge in [-0.25, -0.2) is 4.39 Å². The van der Waals surface area contributed by atoms with Gasteiger partial charge in [0.2, 0.25) is 11.8 Å². The summed E-state index contributed by atoms with van der Waals surface area (Å²) in [6, 6.07) is 3.77. The van der Waals surface area contributed by atoms with Crippen molar-refractivity contribution >= 4 is 33.4 Å². The summed E-state index contributed by atoms with van der Waals surface area (Å²) in [5.74, 6) is -1.08. The van der Waals surface area contributed by atoms with E-state index in [2.05, 4.69) is 21.2 Å². The fraction of sp³-hybridized carbons (Fsp3) is 0.333. The van der Waals surface area contributed by atoms with Crippen molar-refractivity contribution in [1.82, 2.24) is 5.32 Å². The minimum absolute atomic E-state index is 0.0924. The van der Waals surface area contributed by atoms with Gasteiger partial charge in [0.05, 0.1) is 12.2 Å². The number of halogens is 2. The summed E-state index contributed by atoms with van der Waals surface area (Å²) in [6.07, 6.45) is 0.438. The molecule has 1 aromatic rings. The lowest BCUT2D eigenvalue weighted by Gasteiger charge is -2.34. The highest BCUT2D eigenvalue weighted by Gasteiger charge is 2.35. The molecule has 2 amide bonds. The molecule has 6 heteroatoms. The average molecular weight is 315 g/mol. The number of carbonyl (C=O) groups excluding carboxylic acids is 2. The largest absolute Gasteiger partial charge is 0.345 e. The molecule has 1 unspecified atom stereocenters. The Morgan fingerprint density at radius 1 is 1.50 bits per heavy atom. The fourth-order valence-electron chi connectivity index (χ4n) is 2.00. The van der Waals surface area contributed by atoms with E-state index in [4.69, 9.17) is 0 Å². The first-order chi connectivity index (χ1) is 8.54. The van der Waals surface area contributed by atoms with E-state index < -0.39 is 11.9 Å². The van der Waals surface area contributed by atoms with Crippen LogP contribution in [0.4, 0.5) is 10.1 Å². The number of hydrogen-bond donors (Lipinski definition) is 1. The van der Waals surface area contributed by atoms with Crippen molar-refractivity contribution in [1.29, 1.82) is 0 Å². The van der Waals surface area contributed by atoms with Crippen LogP contribution in [-0.4, -0.2) is 24.4 Å². The molecule has 1 aliphatic rings. The zero-order valence-corrected chi connectivity index (χ0v) is 11.3. The molecule has 1 saturated heterocycles. The van der Waals surface area contributed by atoms with E-state index in [-0.39, 0.29) is 24.0 Å². The number of benzene rings is 1. The van der Waals surface area contributed by atoms with Gasteiger partial charge in [0.1, 0.15) is 11.9 Å². The lowest BCUT2D eigenvalue weighted by molar-refractivity contribution is -0.131. The molecule has 0 saturated carbocycles. The van der Waals surface area contributed by atoms with E-state index in [1.807, 2.05) is 0 Å². The maximum Gasteiger partial charge on any atom is 0.247 e. The lowest BCUT2D eigenvalue weighted by atomic mass is 10.1. The average Bonchev–Trinajstić information content (AvgIpc) is 2.33. The Kier molecular flexibility index (Phi) is 3.65. The predicted molar refractivity (Wildman–Crippen MR) is 68.7 cm³/mol. The number of rotatable bonds is 2. The van der Waals surface area contributed by atoms with E-state index in [9.17, 15) is 14.0 Å². The molecule has 0 spiro atoms. The molecule has 1 N–H and O–H groups in total. The van der Waals surface area contributed by atoms with Crippen LogP contribution in [0.15, 0.2) is 22.7 Å². The molecule has 1 fully saturated rings. The van der Waals surface area contributed by atoms with Gasteiger partial charge in [-0.05, 0) is 24.6 Å². The Hall–Kier alpha value is -1.43. The monoisotopic (exact) mass is 314 g/mol. The van der Waals surface area contributed by atoms with Gasteiger partial charge >= 0.3 is 0 Å². The van der Waals surface area contributed by atoms with Crippen molar-refractivity contribution in [3.8, 4) is 0 Å². The first kappa shape index (κ1) is 13.0. The third-order valence-corrected chi connectivity index (χ3v) is 3.35. The molecule has 1 atom stereocenters. The topological polar surface area (TPSA) is 49.4 Å². The van der Waals surface area contributed by atoms with Crippen LogP contribution < -0.4 is 10.2 Å². The molecule has 0 bridgehead atoms. The summed E-state index contributed by atoms with van der Waals surface area (Å²) < 4.78 is 14.5. The number of anilines is 1. The van der Waals surface area contributed by atoms with E-state index in [1.54, 1.807) is 13.0 Å². The zero-order chi connectivity index (χ0) is 13.3. The van der Waals surface area contributed by atoms with Crippen LogP contribution in [0.5, 0.6) is 0 Å². The van der Waals surface area contributed by atoms with Crippen molar-refractivity contribution in [3.63, 3.8) is 0 Å². The molecule has 2 rings (SSSR count). The van der Waals surface area contributed by atoms with Crippen LogP contribution in [-0.2, 0) is 9.59 Å². The van der Waals surface area contributed by atoms with E-state index in [0.717, 1.165) is 0 Å². The van der Waals surface area contributed by atoms with Gasteiger partial charge in [-0.3, -0.25) is 14.5 Å². The molecule has 4 nitrogen and oxygen atoms in total. The first-order valence-corrected chi connectivity index (χ1v) is 6.38. The molecule has 18 heavy (non-hydrogen) atoms. The highest BCUT2D eigenvalue weighted by molar-refractivity contribution is 9.10. The van der Waals surface area contributed by atoms with Crippen LogP contribution in [0.25, 0.3) is 0 Å². The Morgan fingerprint density at radius 2 is 2.22 bits per heavy atom. The fourth-order valence-corrected chi connectivity index (χ4v) is 2.34. The molecular formula is C12H12BrFN2O2.